The van der Waals surface area contributed by atoms with Crippen LogP contribution in [0.15, 0.2) is 0 Å². The first-order chi connectivity index (χ1) is 11.5. The number of carbonyl (C=O) groups is 1. The van der Waals surface area contributed by atoms with Gasteiger partial charge in [0, 0.05) is 11.3 Å². The summed E-state index contributed by atoms with van der Waals surface area (Å²) in [5, 5.41) is 42.9. The molecule has 3 unspecified atom stereocenters. The number of hydrogen-bond donors (Lipinski definition) is 4. The number of carbonyl (C=O) groups excluding carboxylic acids is 1. The summed E-state index contributed by atoms with van der Waals surface area (Å²) in [6, 6.07) is 0. The molecular weight excluding hydrogens is 344 g/mol. The van der Waals surface area contributed by atoms with Crippen molar-refractivity contribution in [3.63, 3.8) is 0 Å². The molecule has 1 aliphatic heterocycles. The van der Waals surface area contributed by atoms with Gasteiger partial charge in [0.1, 0.15) is 10.9 Å². The van der Waals surface area contributed by atoms with Crippen molar-refractivity contribution in [2.75, 3.05) is 13.7 Å². The van der Waals surface area contributed by atoms with E-state index >= 15 is 0 Å². The molecule has 6 nitrogen and oxygen atoms in total. The van der Waals surface area contributed by atoms with E-state index in [4.69, 9.17) is 4.74 Å². The lowest BCUT2D eigenvalue weighted by Gasteiger charge is -2.70. The van der Waals surface area contributed by atoms with Crippen molar-refractivity contribution >= 4 is 17.7 Å². The molecule has 4 N–H and O–H groups in total. The summed E-state index contributed by atoms with van der Waals surface area (Å²) in [6.45, 7) is 5.92. The topological polar surface area (TPSA) is 107 Å². The zero-order chi connectivity index (χ0) is 18.6. The molecule has 4 fully saturated rings. The Labute approximate surface area is 151 Å². The first kappa shape index (κ1) is 18.0. The van der Waals surface area contributed by atoms with Crippen molar-refractivity contribution in [3.8, 4) is 0 Å². The van der Waals surface area contributed by atoms with Crippen LogP contribution in [0.1, 0.15) is 33.6 Å². The van der Waals surface area contributed by atoms with Crippen LogP contribution in [0.3, 0.4) is 0 Å². The Morgan fingerprint density at radius 1 is 1.24 bits per heavy atom. The Hall–Kier alpha value is -0.340. The van der Waals surface area contributed by atoms with Gasteiger partial charge in [-0.2, -0.15) is 0 Å². The predicted octanol–water partition coefficient (Wildman–Crippen LogP) is 0.161. The van der Waals surface area contributed by atoms with Gasteiger partial charge < -0.3 is 25.2 Å². The number of rotatable bonds is 2. The van der Waals surface area contributed by atoms with Crippen molar-refractivity contribution in [1.82, 2.24) is 0 Å². The summed E-state index contributed by atoms with van der Waals surface area (Å²) in [7, 11) is 1.25. The molecule has 1 heterocycles. The van der Waals surface area contributed by atoms with Gasteiger partial charge in [0.05, 0.1) is 30.7 Å². The minimum absolute atomic E-state index is 0.0362. The summed E-state index contributed by atoms with van der Waals surface area (Å²) in [4.78, 5) is 12.3. The maximum atomic E-state index is 12.3. The molecule has 7 heteroatoms. The van der Waals surface area contributed by atoms with Crippen LogP contribution in [0.5, 0.6) is 0 Å². The molecule has 4 rings (SSSR count). The number of aliphatic hydroxyl groups excluding tert-OH is 3. The van der Waals surface area contributed by atoms with E-state index in [-0.39, 0.29) is 23.9 Å². The number of thioether (sulfide) groups is 1. The van der Waals surface area contributed by atoms with Gasteiger partial charge in [-0.25, -0.2) is 0 Å². The van der Waals surface area contributed by atoms with E-state index < -0.39 is 45.1 Å². The maximum Gasteiger partial charge on any atom is 0.321 e. The van der Waals surface area contributed by atoms with Gasteiger partial charge in [-0.1, -0.05) is 20.8 Å². The fraction of sp³-hybridized carbons (Fsp3) is 0.944. The minimum Gasteiger partial charge on any atom is -0.468 e. The second-order valence-electron chi connectivity index (χ2n) is 9.51. The van der Waals surface area contributed by atoms with Crippen molar-refractivity contribution in [2.45, 2.75) is 61.4 Å². The van der Waals surface area contributed by atoms with Crippen LogP contribution in [0.4, 0.5) is 0 Å². The number of fused-ring (bicyclic) bond motifs is 2. The predicted molar refractivity (Wildman–Crippen MR) is 91.8 cm³/mol. The van der Waals surface area contributed by atoms with Crippen molar-refractivity contribution in [3.05, 3.63) is 0 Å². The number of aliphatic hydroxyl groups is 4. The van der Waals surface area contributed by atoms with Crippen LogP contribution in [0.25, 0.3) is 0 Å². The molecule has 0 amide bonds. The van der Waals surface area contributed by atoms with Crippen LogP contribution >= 0.6 is 11.8 Å². The Morgan fingerprint density at radius 2 is 1.88 bits per heavy atom. The second-order valence-corrected chi connectivity index (χ2v) is 11.0. The van der Waals surface area contributed by atoms with E-state index in [1.165, 1.54) is 7.11 Å². The quantitative estimate of drug-likeness (QED) is 0.512. The maximum absolute atomic E-state index is 12.3. The number of ether oxygens (including phenoxy) is 1. The molecule has 142 valence electrons. The Balaban J connectivity index is 1.86. The van der Waals surface area contributed by atoms with Crippen LogP contribution in [-0.2, 0) is 9.53 Å². The van der Waals surface area contributed by atoms with E-state index in [2.05, 4.69) is 13.8 Å². The highest BCUT2D eigenvalue weighted by Gasteiger charge is 2.87. The molecular formula is C18H28O6S. The Bertz CT molecular complexity index is 625. The summed E-state index contributed by atoms with van der Waals surface area (Å²) in [6.07, 6.45) is -0.258. The van der Waals surface area contributed by atoms with Gasteiger partial charge in [-0.05, 0) is 30.1 Å². The molecule has 1 saturated heterocycles. The lowest BCUT2D eigenvalue weighted by Crippen LogP contribution is -2.83. The molecule has 4 aliphatic rings. The fourth-order valence-corrected chi connectivity index (χ4v) is 9.07. The van der Waals surface area contributed by atoms with Crippen LogP contribution in [0.2, 0.25) is 0 Å². The first-order valence-corrected chi connectivity index (χ1v) is 9.83. The highest BCUT2D eigenvalue weighted by Crippen LogP contribution is 2.79. The summed E-state index contributed by atoms with van der Waals surface area (Å²) in [5.41, 5.74) is -2.27. The largest absolute Gasteiger partial charge is 0.468 e. The fourth-order valence-electron chi connectivity index (χ4n) is 7.02. The van der Waals surface area contributed by atoms with Crippen molar-refractivity contribution < 1.29 is 30.0 Å². The molecule has 0 aromatic heterocycles. The van der Waals surface area contributed by atoms with Crippen molar-refractivity contribution in [1.29, 1.82) is 0 Å². The van der Waals surface area contributed by atoms with Gasteiger partial charge in [0.15, 0.2) is 0 Å². The zero-order valence-corrected chi connectivity index (χ0v) is 15.9. The third-order valence-electron chi connectivity index (χ3n) is 7.80. The molecule has 0 aromatic rings. The molecule has 0 spiro atoms. The smallest absolute Gasteiger partial charge is 0.321 e. The molecule has 0 radical (unpaired) electrons. The third kappa shape index (κ3) is 1.75. The van der Waals surface area contributed by atoms with Gasteiger partial charge in [-0.15, -0.1) is 11.8 Å². The average Bonchev–Trinajstić information content (AvgIpc) is 3.04. The van der Waals surface area contributed by atoms with E-state index in [0.717, 1.165) is 24.6 Å². The van der Waals surface area contributed by atoms with Crippen molar-refractivity contribution in [2.24, 2.45) is 28.6 Å². The highest BCUT2D eigenvalue weighted by atomic mass is 32.2. The zero-order valence-electron chi connectivity index (χ0n) is 15.1. The van der Waals surface area contributed by atoms with Crippen LogP contribution < -0.4 is 0 Å². The van der Waals surface area contributed by atoms with Crippen LogP contribution in [-0.4, -0.2) is 67.9 Å². The molecule has 9 atom stereocenters. The number of esters is 1. The van der Waals surface area contributed by atoms with Gasteiger partial charge >= 0.3 is 5.97 Å². The van der Waals surface area contributed by atoms with E-state index in [9.17, 15) is 25.2 Å². The van der Waals surface area contributed by atoms with E-state index in [1.54, 1.807) is 0 Å². The van der Waals surface area contributed by atoms with Gasteiger partial charge in [-0.3, -0.25) is 4.79 Å². The molecule has 0 aromatic carbocycles. The highest BCUT2D eigenvalue weighted by molar-refractivity contribution is 8.02. The summed E-state index contributed by atoms with van der Waals surface area (Å²) >= 11 is 1.10. The molecule has 0 bridgehead atoms. The monoisotopic (exact) mass is 372 g/mol. The first-order valence-electron chi connectivity index (χ1n) is 8.95. The Kier molecular flexibility index (Phi) is 3.56. The van der Waals surface area contributed by atoms with Gasteiger partial charge in [0.25, 0.3) is 0 Å². The number of hydrogen-bond acceptors (Lipinski definition) is 7. The molecule has 3 aliphatic carbocycles. The molecule has 25 heavy (non-hydrogen) atoms. The van der Waals surface area contributed by atoms with E-state index in [0.29, 0.717) is 0 Å². The normalized spacial score (nSPS) is 58.2. The SMILES string of the molecule is COC(=O)[C@H]1S[C@]2(CO)C3[C@@](C)(C4CC(C)(C)CC4[C@@H]2O)[C@H](O)[C@]31O. The van der Waals surface area contributed by atoms with E-state index in [1.807, 2.05) is 6.92 Å². The summed E-state index contributed by atoms with van der Waals surface area (Å²) in [5.74, 6) is -1.18. The lowest BCUT2D eigenvalue weighted by molar-refractivity contribution is -0.328. The third-order valence-corrected chi connectivity index (χ3v) is 9.65. The lowest BCUT2D eigenvalue weighted by atomic mass is 9.37. The molecule has 3 saturated carbocycles. The summed E-state index contributed by atoms with van der Waals surface area (Å²) < 4.78 is 3.79. The second kappa shape index (κ2) is 4.93. The Morgan fingerprint density at radius 3 is 2.44 bits per heavy atom. The van der Waals surface area contributed by atoms with Gasteiger partial charge in [0.2, 0.25) is 0 Å². The standard InChI is InChI=1S/C18H28O6S/c1-15(2)5-8-9(6-15)16(3)13-17(7-19,10(8)20)25-11(12(21)24-4)18(13,23)14(16)22/h8-11,13-14,19-20,22-23H,5-7H2,1-4H3/t8?,9?,10-,11+,13?,14-,16+,17-,18+/m0/s1. The average molecular weight is 372 g/mol. The minimum atomic E-state index is -1.67. The number of methoxy groups -OCH3 is 1. The van der Waals surface area contributed by atoms with Crippen LogP contribution in [0, 0.1) is 28.6 Å².